The minimum Gasteiger partial charge on any atom is -0.394 e. The molecule has 1 aliphatic heterocycles. The molecule has 0 saturated carbocycles. The smallest absolute Gasteiger partial charge is 0.256 e. The number of aromatic amines is 1. The Balaban J connectivity index is 2.40. The van der Waals surface area contributed by atoms with Crippen molar-refractivity contribution in [3.05, 3.63) is 26.9 Å². The second kappa shape index (κ2) is 6.12. The van der Waals surface area contributed by atoms with Gasteiger partial charge in [0.2, 0.25) is 0 Å². The van der Waals surface area contributed by atoms with E-state index in [4.69, 9.17) is 22.1 Å². The fourth-order valence-electron chi connectivity index (χ4n) is 2.14. The molecule has 1 fully saturated rings. The zero-order chi connectivity index (χ0) is 14.9. The van der Waals surface area contributed by atoms with Crippen LogP contribution in [0.25, 0.3) is 0 Å². The van der Waals surface area contributed by atoms with Crippen LogP contribution in [0.2, 0.25) is 0 Å². The van der Waals surface area contributed by atoms with Crippen LogP contribution in [0.5, 0.6) is 0 Å². The lowest BCUT2D eigenvalue weighted by atomic mass is 10.1. The van der Waals surface area contributed by atoms with Gasteiger partial charge in [0, 0.05) is 18.3 Å². The first kappa shape index (κ1) is 15.3. The highest BCUT2D eigenvalue weighted by atomic mass is 32.1. The number of aromatic nitrogens is 2. The molecule has 8 nitrogen and oxygen atoms in total. The molecular weight excluding hydrogens is 286 g/mol. The van der Waals surface area contributed by atoms with E-state index in [1.54, 1.807) is 7.05 Å². The minimum atomic E-state index is -1.24. The van der Waals surface area contributed by atoms with Crippen molar-refractivity contribution >= 4 is 12.2 Å². The lowest BCUT2D eigenvalue weighted by molar-refractivity contribution is -0.0542. The zero-order valence-corrected chi connectivity index (χ0v) is 11.6. The average Bonchev–Trinajstić information content (AvgIpc) is 2.70. The monoisotopic (exact) mass is 303 g/mol. The molecule has 5 N–H and O–H groups in total. The molecule has 9 heteroatoms. The van der Waals surface area contributed by atoms with Crippen molar-refractivity contribution in [3.63, 3.8) is 0 Å². The van der Waals surface area contributed by atoms with Gasteiger partial charge >= 0.3 is 0 Å². The molecule has 0 aliphatic carbocycles. The quantitative estimate of drug-likeness (QED) is 0.418. The Bertz CT molecular complexity index is 586. The number of nitrogens with zero attached hydrogens (tertiary/aromatic N) is 1. The normalized spacial score (nSPS) is 29.8. The molecule has 2 rings (SSSR count). The summed E-state index contributed by atoms with van der Waals surface area (Å²) in [5.41, 5.74) is 0.0891. The third-order valence-electron chi connectivity index (χ3n) is 3.20. The molecule has 1 saturated heterocycles. The third-order valence-corrected chi connectivity index (χ3v) is 3.51. The predicted octanol–water partition coefficient (Wildman–Crippen LogP) is -1.76. The fourth-order valence-corrected chi connectivity index (χ4v) is 2.39. The highest BCUT2D eigenvalue weighted by Gasteiger charge is 2.43. The molecule has 0 radical (unpaired) electrons. The standard InChI is InChI=1S/C11H17N3O5S/c1-12-2-5-3-14(11(20)13-9(5)18)10-8(17)7(16)6(4-15)19-10/h3,6-8,10,12,15-17H,2,4H2,1H3,(H,13,18,20)/t6-,7?,8+,10-/m1/s1. The van der Waals surface area contributed by atoms with E-state index in [-0.39, 0.29) is 10.3 Å². The van der Waals surface area contributed by atoms with Gasteiger partial charge in [0.15, 0.2) is 11.0 Å². The van der Waals surface area contributed by atoms with Crippen LogP contribution in [0.3, 0.4) is 0 Å². The van der Waals surface area contributed by atoms with E-state index in [1.165, 1.54) is 10.8 Å². The summed E-state index contributed by atoms with van der Waals surface area (Å²) < 4.78 is 6.82. The van der Waals surface area contributed by atoms with Crippen LogP contribution in [0.1, 0.15) is 11.8 Å². The lowest BCUT2D eigenvalue weighted by Crippen LogP contribution is -2.33. The van der Waals surface area contributed by atoms with E-state index in [1.807, 2.05) is 0 Å². The Morgan fingerprint density at radius 2 is 2.20 bits per heavy atom. The molecular formula is C11H17N3O5S. The van der Waals surface area contributed by atoms with Crippen LogP contribution < -0.4 is 10.9 Å². The van der Waals surface area contributed by atoms with E-state index < -0.39 is 31.1 Å². The maximum Gasteiger partial charge on any atom is 0.256 e. The SMILES string of the molecule is CNCc1cn([C@@H]2O[C@H](CO)C(O)[C@@H]2O)c(=S)[nH]c1=O. The number of hydrogen-bond acceptors (Lipinski definition) is 7. The fraction of sp³-hybridized carbons (Fsp3) is 0.636. The van der Waals surface area contributed by atoms with Crippen LogP contribution in [-0.2, 0) is 11.3 Å². The van der Waals surface area contributed by atoms with Crippen molar-refractivity contribution < 1.29 is 20.1 Å². The number of H-pyrrole nitrogens is 1. The molecule has 4 atom stereocenters. The molecule has 1 aromatic rings. The summed E-state index contributed by atoms with van der Waals surface area (Å²) in [5.74, 6) is 0. The van der Waals surface area contributed by atoms with Crippen molar-refractivity contribution in [2.24, 2.45) is 0 Å². The van der Waals surface area contributed by atoms with Crippen LogP contribution >= 0.6 is 12.2 Å². The summed E-state index contributed by atoms with van der Waals surface area (Å²) in [6.45, 7) is -0.103. The number of hydrogen-bond donors (Lipinski definition) is 5. The summed E-state index contributed by atoms with van der Waals surface area (Å²) >= 11 is 5.04. The summed E-state index contributed by atoms with van der Waals surface area (Å²) in [4.78, 5) is 14.2. The Labute approximate surface area is 119 Å². The van der Waals surface area contributed by atoms with E-state index in [0.717, 1.165) is 0 Å². The van der Waals surface area contributed by atoms with Crippen molar-refractivity contribution in [1.82, 2.24) is 14.9 Å². The van der Waals surface area contributed by atoms with Gasteiger partial charge < -0.3 is 25.4 Å². The first-order chi connectivity index (χ1) is 9.49. The molecule has 1 aliphatic rings. The van der Waals surface area contributed by atoms with E-state index in [0.29, 0.717) is 12.1 Å². The van der Waals surface area contributed by atoms with Gasteiger partial charge in [-0.1, -0.05) is 0 Å². The summed E-state index contributed by atoms with van der Waals surface area (Å²) in [7, 11) is 1.69. The van der Waals surface area contributed by atoms with Crippen molar-refractivity contribution in [2.45, 2.75) is 31.1 Å². The number of aliphatic hydroxyl groups excluding tert-OH is 3. The topological polar surface area (TPSA) is 120 Å². The Morgan fingerprint density at radius 1 is 1.50 bits per heavy atom. The molecule has 20 heavy (non-hydrogen) atoms. The first-order valence-electron chi connectivity index (χ1n) is 6.11. The highest BCUT2D eigenvalue weighted by Crippen LogP contribution is 2.29. The number of nitrogens with one attached hydrogen (secondary N) is 2. The maximum absolute atomic E-state index is 11.7. The predicted molar refractivity (Wildman–Crippen MR) is 71.7 cm³/mol. The molecule has 1 unspecified atom stereocenters. The van der Waals surface area contributed by atoms with E-state index >= 15 is 0 Å². The Hall–Kier alpha value is -1.10. The molecule has 0 bridgehead atoms. The van der Waals surface area contributed by atoms with Crippen LogP contribution in [0.15, 0.2) is 11.0 Å². The molecule has 0 aromatic carbocycles. The molecule has 0 spiro atoms. The second-order valence-corrected chi connectivity index (χ2v) is 4.97. The molecule has 2 heterocycles. The van der Waals surface area contributed by atoms with Gasteiger partial charge in [0.25, 0.3) is 5.56 Å². The first-order valence-corrected chi connectivity index (χ1v) is 6.51. The van der Waals surface area contributed by atoms with Crippen LogP contribution in [0, 0.1) is 4.77 Å². The highest BCUT2D eigenvalue weighted by molar-refractivity contribution is 7.71. The van der Waals surface area contributed by atoms with Gasteiger partial charge in [-0.25, -0.2) is 0 Å². The molecule has 0 amide bonds. The summed E-state index contributed by atoms with van der Waals surface area (Å²) in [5, 5.41) is 31.6. The summed E-state index contributed by atoms with van der Waals surface area (Å²) in [6.07, 6.45) is -2.84. The molecule has 112 valence electrons. The lowest BCUT2D eigenvalue weighted by Gasteiger charge is -2.19. The van der Waals surface area contributed by atoms with Gasteiger partial charge in [-0.2, -0.15) is 0 Å². The average molecular weight is 303 g/mol. The van der Waals surface area contributed by atoms with E-state index in [2.05, 4.69) is 10.3 Å². The van der Waals surface area contributed by atoms with Crippen LogP contribution in [-0.4, -0.2) is 56.8 Å². The number of aliphatic hydroxyl groups is 3. The van der Waals surface area contributed by atoms with Gasteiger partial charge in [0.1, 0.15) is 18.3 Å². The Morgan fingerprint density at radius 3 is 2.75 bits per heavy atom. The van der Waals surface area contributed by atoms with Gasteiger partial charge in [-0.15, -0.1) is 0 Å². The van der Waals surface area contributed by atoms with Gasteiger partial charge in [-0.3, -0.25) is 14.3 Å². The minimum absolute atomic E-state index is 0.0738. The van der Waals surface area contributed by atoms with Crippen molar-refractivity contribution in [1.29, 1.82) is 0 Å². The second-order valence-electron chi connectivity index (χ2n) is 4.58. The zero-order valence-electron chi connectivity index (χ0n) is 10.8. The van der Waals surface area contributed by atoms with Crippen molar-refractivity contribution in [3.8, 4) is 0 Å². The number of rotatable bonds is 4. The third kappa shape index (κ3) is 2.68. The number of ether oxygens (including phenoxy) is 1. The Kier molecular flexibility index (Phi) is 4.68. The van der Waals surface area contributed by atoms with Gasteiger partial charge in [0.05, 0.1) is 6.61 Å². The van der Waals surface area contributed by atoms with Gasteiger partial charge in [-0.05, 0) is 19.3 Å². The summed E-state index contributed by atoms with van der Waals surface area (Å²) in [6, 6.07) is 0. The van der Waals surface area contributed by atoms with E-state index in [9.17, 15) is 15.0 Å². The maximum atomic E-state index is 11.7. The molecule has 1 aromatic heterocycles. The largest absolute Gasteiger partial charge is 0.394 e. The van der Waals surface area contributed by atoms with Crippen LogP contribution in [0.4, 0.5) is 0 Å². The van der Waals surface area contributed by atoms with Crippen molar-refractivity contribution in [2.75, 3.05) is 13.7 Å².